The third kappa shape index (κ3) is 7.07. The molecule has 0 saturated heterocycles. The molecule has 132 valence electrons. The van der Waals surface area contributed by atoms with Crippen LogP contribution < -0.4 is 0 Å². The summed E-state index contributed by atoms with van der Waals surface area (Å²) >= 11 is 0. The van der Waals surface area contributed by atoms with Crippen LogP contribution in [0.5, 0.6) is 0 Å². The van der Waals surface area contributed by atoms with E-state index in [-0.39, 0.29) is 30.3 Å². The first-order chi connectivity index (χ1) is 11.5. The van der Waals surface area contributed by atoms with E-state index in [9.17, 15) is 14.4 Å². The molecule has 1 aromatic carbocycles. The van der Waals surface area contributed by atoms with Crippen molar-refractivity contribution in [3.05, 3.63) is 35.4 Å². The number of aliphatic carboxylic acids is 1. The zero-order chi connectivity index (χ0) is 17.9. The zero-order valence-corrected chi connectivity index (χ0v) is 14.7. The van der Waals surface area contributed by atoms with Gasteiger partial charge in [0.1, 0.15) is 5.78 Å². The van der Waals surface area contributed by atoms with Crippen molar-refractivity contribution in [3.8, 4) is 0 Å². The Labute approximate surface area is 144 Å². The molecule has 1 atom stereocenters. The SMILES string of the molecule is CCCCCCCC(C)C(=O)CC(=O)c1ccccc1CC(=O)O. The number of unbranched alkanes of at least 4 members (excludes halogenated alkanes) is 4. The summed E-state index contributed by atoms with van der Waals surface area (Å²) in [4.78, 5) is 35.5. The number of Topliss-reactive ketones (excluding diaryl/α,β-unsaturated/α-hetero) is 2. The molecule has 0 radical (unpaired) electrons. The van der Waals surface area contributed by atoms with E-state index in [1.165, 1.54) is 19.3 Å². The molecule has 0 heterocycles. The first-order valence-electron chi connectivity index (χ1n) is 8.81. The number of rotatable bonds is 12. The van der Waals surface area contributed by atoms with E-state index in [0.717, 1.165) is 19.3 Å². The lowest BCUT2D eigenvalue weighted by atomic mass is 9.92. The van der Waals surface area contributed by atoms with Gasteiger partial charge < -0.3 is 5.11 Å². The molecule has 4 heteroatoms. The lowest BCUT2D eigenvalue weighted by Gasteiger charge is -2.11. The summed E-state index contributed by atoms with van der Waals surface area (Å²) < 4.78 is 0. The van der Waals surface area contributed by atoms with Crippen molar-refractivity contribution in [1.82, 2.24) is 0 Å². The number of hydrogen-bond donors (Lipinski definition) is 1. The highest BCUT2D eigenvalue weighted by molar-refractivity contribution is 6.09. The van der Waals surface area contributed by atoms with E-state index < -0.39 is 5.97 Å². The quantitative estimate of drug-likeness (QED) is 0.349. The zero-order valence-electron chi connectivity index (χ0n) is 14.7. The van der Waals surface area contributed by atoms with Gasteiger partial charge in [0.2, 0.25) is 0 Å². The topological polar surface area (TPSA) is 71.4 Å². The number of ketones is 2. The monoisotopic (exact) mass is 332 g/mol. The van der Waals surface area contributed by atoms with Crippen LogP contribution in [-0.2, 0) is 16.0 Å². The third-order valence-electron chi connectivity index (χ3n) is 4.28. The molecule has 4 nitrogen and oxygen atoms in total. The lowest BCUT2D eigenvalue weighted by Crippen LogP contribution is -2.17. The highest BCUT2D eigenvalue weighted by Crippen LogP contribution is 2.17. The molecule has 1 N–H and O–H groups in total. The van der Waals surface area contributed by atoms with Gasteiger partial charge in [-0.2, -0.15) is 0 Å². The molecule has 24 heavy (non-hydrogen) atoms. The Kier molecular flexibility index (Phi) is 8.98. The standard InChI is InChI=1S/C20H28O4/c1-3-4-5-6-7-10-15(2)18(21)14-19(22)17-12-9-8-11-16(17)13-20(23)24/h8-9,11-12,15H,3-7,10,13-14H2,1-2H3,(H,23,24). The van der Waals surface area contributed by atoms with Crippen molar-refractivity contribution in [2.24, 2.45) is 5.92 Å². The van der Waals surface area contributed by atoms with Gasteiger partial charge in [-0.25, -0.2) is 0 Å². The van der Waals surface area contributed by atoms with Crippen LogP contribution in [0.25, 0.3) is 0 Å². The maximum atomic E-state index is 12.4. The van der Waals surface area contributed by atoms with Crippen LogP contribution in [0.1, 0.15) is 74.7 Å². The van der Waals surface area contributed by atoms with Gasteiger partial charge in [0.15, 0.2) is 5.78 Å². The molecule has 0 saturated carbocycles. The third-order valence-corrected chi connectivity index (χ3v) is 4.28. The molecule has 0 aliphatic carbocycles. The van der Waals surface area contributed by atoms with Gasteiger partial charge in [0.05, 0.1) is 12.8 Å². The minimum absolute atomic E-state index is 0.0550. The van der Waals surface area contributed by atoms with Crippen molar-refractivity contribution in [3.63, 3.8) is 0 Å². The predicted octanol–water partition coefficient (Wildman–Crippen LogP) is 4.45. The molecular formula is C20H28O4. The van der Waals surface area contributed by atoms with Crippen LogP contribution in [0.3, 0.4) is 0 Å². The van der Waals surface area contributed by atoms with Crippen LogP contribution in [0.4, 0.5) is 0 Å². The first kappa shape index (κ1) is 20.1. The van der Waals surface area contributed by atoms with E-state index in [1.54, 1.807) is 24.3 Å². The number of carbonyl (C=O) groups is 3. The highest BCUT2D eigenvalue weighted by atomic mass is 16.4. The lowest BCUT2D eigenvalue weighted by molar-refractivity contribution is -0.136. The minimum Gasteiger partial charge on any atom is -0.481 e. The van der Waals surface area contributed by atoms with E-state index >= 15 is 0 Å². The maximum absolute atomic E-state index is 12.4. The van der Waals surface area contributed by atoms with E-state index in [0.29, 0.717) is 11.1 Å². The predicted molar refractivity (Wildman–Crippen MR) is 94.3 cm³/mol. The summed E-state index contributed by atoms with van der Waals surface area (Å²) in [6.07, 6.45) is 6.21. The fourth-order valence-corrected chi connectivity index (χ4v) is 2.75. The average Bonchev–Trinajstić information content (AvgIpc) is 2.54. The Morgan fingerprint density at radius 3 is 2.38 bits per heavy atom. The molecule has 0 fully saturated rings. The summed E-state index contributed by atoms with van der Waals surface area (Å²) in [6, 6.07) is 6.63. The number of benzene rings is 1. The normalized spacial score (nSPS) is 11.9. The second-order valence-corrected chi connectivity index (χ2v) is 6.40. The van der Waals surface area contributed by atoms with Gasteiger partial charge in [-0.3, -0.25) is 14.4 Å². The van der Waals surface area contributed by atoms with Gasteiger partial charge in [0, 0.05) is 11.5 Å². The Bertz CT molecular complexity index is 563. The number of carboxylic acids is 1. The average molecular weight is 332 g/mol. The second-order valence-electron chi connectivity index (χ2n) is 6.40. The highest BCUT2D eigenvalue weighted by Gasteiger charge is 2.20. The Balaban J connectivity index is 2.54. The van der Waals surface area contributed by atoms with E-state index in [2.05, 4.69) is 6.92 Å². The van der Waals surface area contributed by atoms with Crippen LogP contribution in [0, 0.1) is 5.92 Å². The second kappa shape index (κ2) is 10.7. The summed E-state index contributed by atoms with van der Waals surface area (Å²) in [5.41, 5.74) is 0.818. The van der Waals surface area contributed by atoms with Crippen LogP contribution in [-0.4, -0.2) is 22.6 Å². The molecule has 0 aliphatic rings. The molecule has 0 aromatic heterocycles. The van der Waals surface area contributed by atoms with Crippen molar-refractivity contribution in [2.45, 2.75) is 65.2 Å². The first-order valence-corrected chi connectivity index (χ1v) is 8.81. The largest absolute Gasteiger partial charge is 0.481 e. The molecular weight excluding hydrogens is 304 g/mol. The van der Waals surface area contributed by atoms with Crippen LogP contribution in [0.15, 0.2) is 24.3 Å². The van der Waals surface area contributed by atoms with Gasteiger partial charge in [0.25, 0.3) is 0 Å². The summed E-state index contributed by atoms with van der Waals surface area (Å²) in [5.74, 6) is -1.44. The molecule has 1 rings (SSSR count). The Hall–Kier alpha value is -1.97. The Morgan fingerprint density at radius 2 is 1.71 bits per heavy atom. The summed E-state index contributed by atoms with van der Waals surface area (Å²) in [5, 5.41) is 8.92. The summed E-state index contributed by atoms with van der Waals surface area (Å²) in [7, 11) is 0. The van der Waals surface area contributed by atoms with Crippen LogP contribution >= 0.6 is 0 Å². The van der Waals surface area contributed by atoms with Crippen molar-refractivity contribution in [1.29, 1.82) is 0 Å². The summed E-state index contributed by atoms with van der Waals surface area (Å²) in [6.45, 7) is 4.04. The molecule has 1 aromatic rings. The molecule has 1 unspecified atom stereocenters. The van der Waals surface area contributed by atoms with Crippen LogP contribution in [0.2, 0.25) is 0 Å². The number of hydrogen-bond acceptors (Lipinski definition) is 3. The van der Waals surface area contributed by atoms with Gasteiger partial charge in [-0.1, -0.05) is 70.2 Å². The minimum atomic E-state index is -0.984. The van der Waals surface area contributed by atoms with Gasteiger partial charge in [-0.15, -0.1) is 0 Å². The Morgan fingerprint density at radius 1 is 1.04 bits per heavy atom. The fourth-order valence-electron chi connectivity index (χ4n) is 2.75. The van der Waals surface area contributed by atoms with Gasteiger partial charge in [-0.05, 0) is 12.0 Å². The fraction of sp³-hybridized carbons (Fsp3) is 0.550. The number of carboxylic acid groups (broad SMARTS) is 1. The maximum Gasteiger partial charge on any atom is 0.307 e. The van der Waals surface area contributed by atoms with Crippen molar-refractivity contribution in [2.75, 3.05) is 0 Å². The molecule has 0 spiro atoms. The molecule has 0 aliphatic heterocycles. The van der Waals surface area contributed by atoms with E-state index in [4.69, 9.17) is 5.11 Å². The van der Waals surface area contributed by atoms with Crippen molar-refractivity contribution < 1.29 is 19.5 Å². The molecule has 0 bridgehead atoms. The molecule has 0 amide bonds. The van der Waals surface area contributed by atoms with E-state index in [1.807, 2.05) is 6.92 Å². The van der Waals surface area contributed by atoms with Gasteiger partial charge >= 0.3 is 5.97 Å². The van der Waals surface area contributed by atoms with Crippen molar-refractivity contribution >= 4 is 17.5 Å². The smallest absolute Gasteiger partial charge is 0.307 e. The number of carbonyl (C=O) groups excluding carboxylic acids is 2.